The highest BCUT2D eigenvalue weighted by atomic mass is 32.2. The number of nitrogens with zero attached hydrogens (tertiary/aromatic N) is 1. The zero-order valence-corrected chi connectivity index (χ0v) is 13.2. The van der Waals surface area contributed by atoms with Gasteiger partial charge in [-0.3, -0.25) is 0 Å². The number of unbranched alkanes of at least 4 members (excludes halogenated alkanes) is 1. The highest BCUT2D eigenvalue weighted by Crippen LogP contribution is 2.13. The number of sulfonamides is 1. The third kappa shape index (κ3) is 7.00. The second kappa shape index (κ2) is 8.63. The normalized spacial score (nSPS) is 11.9. The van der Waals surface area contributed by atoms with Gasteiger partial charge in [0.2, 0.25) is 10.0 Å². The first-order valence-corrected chi connectivity index (χ1v) is 9.16. The van der Waals surface area contributed by atoms with Crippen LogP contribution in [0, 0.1) is 0 Å². The van der Waals surface area contributed by atoms with Crippen LogP contribution >= 0.6 is 11.3 Å². The van der Waals surface area contributed by atoms with Gasteiger partial charge in [0.1, 0.15) is 5.01 Å². The maximum absolute atomic E-state index is 11.8. The van der Waals surface area contributed by atoms with Crippen molar-refractivity contribution in [3.05, 3.63) is 16.1 Å². The molecule has 0 unspecified atom stereocenters. The topological polar surface area (TPSA) is 71.1 Å². The van der Waals surface area contributed by atoms with Crippen LogP contribution in [0.2, 0.25) is 0 Å². The molecule has 0 fully saturated rings. The minimum atomic E-state index is -3.18. The van der Waals surface area contributed by atoms with Crippen molar-refractivity contribution in [2.75, 3.05) is 18.8 Å². The van der Waals surface area contributed by atoms with Crippen LogP contribution in [0.1, 0.15) is 36.6 Å². The molecule has 5 nitrogen and oxygen atoms in total. The fourth-order valence-corrected chi connectivity index (χ4v) is 3.53. The summed E-state index contributed by atoms with van der Waals surface area (Å²) in [6, 6.07) is 0. The Morgan fingerprint density at radius 3 is 2.74 bits per heavy atom. The average molecular weight is 305 g/mol. The molecular formula is C12H23N3O2S2. The maximum atomic E-state index is 11.8. The van der Waals surface area contributed by atoms with E-state index >= 15 is 0 Å². The summed E-state index contributed by atoms with van der Waals surface area (Å²) < 4.78 is 26.1. The predicted molar refractivity (Wildman–Crippen MR) is 79.9 cm³/mol. The van der Waals surface area contributed by atoms with E-state index in [9.17, 15) is 8.42 Å². The molecular weight excluding hydrogens is 282 g/mol. The Balaban J connectivity index is 2.26. The molecule has 1 rings (SSSR count). The van der Waals surface area contributed by atoms with Crippen LogP contribution in [0.25, 0.3) is 0 Å². The van der Waals surface area contributed by atoms with Crippen molar-refractivity contribution >= 4 is 21.4 Å². The van der Waals surface area contributed by atoms with E-state index in [0.29, 0.717) is 13.0 Å². The van der Waals surface area contributed by atoms with E-state index in [1.807, 2.05) is 13.1 Å². The first kappa shape index (κ1) is 16.6. The van der Waals surface area contributed by atoms with Gasteiger partial charge in [0.15, 0.2) is 0 Å². The van der Waals surface area contributed by atoms with E-state index in [2.05, 4.69) is 21.9 Å². The number of aryl methyl sites for hydroxylation is 1. The summed E-state index contributed by atoms with van der Waals surface area (Å²) in [7, 11) is -3.18. The molecule has 0 radical (unpaired) electrons. The molecule has 0 aliphatic carbocycles. The minimum Gasteiger partial charge on any atom is -0.317 e. The van der Waals surface area contributed by atoms with Gasteiger partial charge in [0.05, 0.1) is 12.3 Å². The third-order valence-electron chi connectivity index (χ3n) is 2.66. The molecule has 0 amide bonds. The Morgan fingerprint density at radius 2 is 2.11 bits per heavy atom. The van der Waals surface area contributed by atoms with Crippen molar-refractivity contribution in [2.24, 2.45) is 0 Å². The highest BCUT2D eigenvalue weighted by Gasteiger charge is 2.10. The van der Waals surface area contributed by atoms with Gasteiger partial charge in [-0.15, -0.1) is 11.3 Å². The standard InChI is InChI=1S/C12H23N3O2S2/c1-3-11-9-14-12(18-11)10-15-19(16,17)8-6-5-7-13-4-2/h9,13,15H,3-8,10H2,1-2H3. The van der Waals surface area contributed by atoms with Crippen LogP contribution in [-0.2, 0) is 23.0 Å². The lowest BCUT2D eigenvalue weighted by atomic mass is 10.3. The number of hydrogen-bond donors (Lipinski definition) is 2. The van der Waals surface area contributed by atoms with E-state index in [0.717, 1.165) is 30.9 Å². The molecule has 0 bridgehead atoms. The Kier molecular flexibility index (Phi) is 7.52. The summed E-state index contributed by atoms with van der Waals surface area (Å²) in [5.74, 6) is 0.185. The number of aromatic nitrogens is 1. The van der Waals surface area contributed by atoms with Gasteiger partial charge in [-0.25, -0.2) is 18.1 Å². The number of hydrogen-bond acceptors (Lipinski definition) is 5. The monoisotopic (exact) mass is 305 g/mol. The van der Waals surface area contributed by atoms with Crippen molar-refractivity contribution in [1.29, 1.82) is 0 Å². The second-order valence-electron chi connectivity index (χ2n) is 4.27. The highest BCUT2D eigenvalue weighted by molar-refractivity contribution is 7.89. The first-order valence-electron chi connectivity index (χ1n) is 6.69. The molecule has 0 spiro atoms. The molecule has 0 aliphatic heterocycles. The van der Waals surface area contributed by atoms with Gasteiger partial charge in [0.25, 0.3) is 0 Å². The summed E-state index contributed by atoms with van der Waals surface area (Å²) in [5.41, 5.74) is 0. The van der Waals surface area contributed by atoms with Crippen molar-refractivity contribution in [3.63, 3.8) is 0 Å². The van der Waals surface area contributed by atoms with Gasteiger partial charge in [-0.2, -0.15) is 0 Å². The largest absolute Gasteiger partial charge is 0.317 e. The van der Waals surface area contributed by atoms with E-state index in [1.165, 1.54) is 4.88 Å². The zero-order valence-electron chi connectivity index (χ0n) is 11.6. The van der Waals surface area contributed by atoms with Crippen molar-refractivity contribution in [1.82, 2.24) is 15.0 Å². The maximum Gasteiger partial charge on any atom is 0.211 e. The molecule has 1 aromatic rings. The molecule has 110 valence electrons. The van der Waals surface area contributed by atoms with Crippen LogP contribution in [0.5, 0.6) is 0 Å². The number of nitrogens with one attached hydrogen (secondary N) is 2. The molecule has 0 saturated carbocycles. The second-order valence-corrected chi connectivity index (χ2v) is 7.40. The van der Waals surface area contributed by atoms with Gasteiger partial charge in [-0.1, -0.05) is 13.8 Å². The summed E-state index contributed by atoms with van der Waals surface area (Å²) in [4.78, 5) is 5.37. The average Bonchev–Trinajstić information content (AvgIpc) is 2.84. The van der Waals surface area contributed by atoms with Gasteiger partial charge >= 0.3 is 0 Å². The van der Waals surface area contributed by atoms with Crippen LogP contribution in [0.4, 0.5) is 0 Å². The van der Waals surface area contributed by atoms with Crippen molar-refractivity contribution < 1.29 is 8.42 Å². The Hall–Kier alpha value is -0.500. The van der Waals surface area contributed by atoms with E-state index in [4.69, 9.17) is 0 Å². The van der Waals surface area contributed by atoms with E-state index in [-0.39, 0.29) is 5.75 Å². The Bertz CT molecular complexity index is 457. The molecule has 1 aromatic heterocycles. The molecule has 0 saturated heterocycles. The fourth-order valence-electron chi connectivity index (χ4n) is 1.56. The first-order chi connectivity index (χ1) is 9.07. The van der Waals surface area contributed by atoms with Crippen molar-refractivity contribution in [2.45, 2.75) is 39.7 Å². The summed E-state index contributed by atoms with van der Waals surface area (Å²) in [5, 5.41) is 4.00. The summed E-state index contributed by atoms with van der Waals surface area (Å²) in [6.45, 7) is 6.20. The number of thiazole rings is 1. The molecule has 1 heterocycles. The van der Waals surface area contributed by atoms with E-state index < -0.39 is 10.0 Å². The molecule has 0 aromatic carbocycles. The lowest BCUT2D eigenvalue weighted by molar-refractivity contribution is 0.574. The van der Waals surface area contributed by atoms with Crippen LogP contribution in [-0.4, -0.2) is 32.2 Å². The minimum absolute atomic E-state index is 0.185. The Labute approximate surface area is 119 Å². The molecule has 2 N–H and O–H groups in total. The van der Waals surface area contributed by atoms with Crippen LogP contribution < -0.4 is 10.0 Å². The molecule has 0 aliphatic rings. The lowest BCUT2D eigenvalue weighted by Crippen LogP contribution is -2.26. The predicted octanol–water partition coefficient (Wildman–Crippen LogP) is 1.51. The Morgan fingerprint density at radius 1 is 1.32 bits per heavy atom. The summed E-state index contributed by atoms with van der Waals surface area (Å²) >= 11 is 1.56. The SMILES string of the molecule is CCNCCCCS(=O)(=O)NCc1ncc(CC)s1. The third-order valence-corrected chi connectivity index (χ3v) is 5.21. The van der Waals surface area contributed by atoms with Gasteiger partial charge in [-0.05, 0) is 32.4 Å². The summed E-state index contributed by atoms with van der Waals surface area (Å²) in [6.07, 6.45) is 4.31. The van der Waals surface area contributed by atoms with Gasteiger partial charge < -0.3 is 5.32 Å². The number of rotatable bonds is 10. The van der Waals surface area contributed by atoms with Gasteiger partial charge in [0, 0.05) is 11.1 Å². The van der Waals surface area contributed by atoms with Crippen LogP contribution in [0.15, 0.2) is 6.20 Å². The molecule has 7 heteroatoms. The van der Waals surface area contributed by atoms with E-state index in [1.54, 1.807) is 11.3 Å². The lowest BCUT2D eigenvalue weighted by Gasteiger charge is -2.05. The zero-order chi connectivity index (χ0) is 14.1. The quantitative estimate of drug-likeness (QED) is 0.643. The molecule has 19 heavy (non-hydrogen) atoms. The fraction of sp³-hybridized carbons (Fsp3) is 0.750. The van der Waals surface area contributed by atoms with Crippen LogP contribution in [0.3, 0.4) is 0 Å². The van der Waals surface area contributed by atoms with Crippen molar-refractivity contribution in [3.8, 4) is 0 Å². The molecule has 0 atom stereocenters. The smallest absolute Gasteiger partial charge is 0.211 e.